The molecule has 3 unspecified atom stereocenters. The maximum Gasteiger partial charge on any atom is 0.276 e. The SMILES string of the molecule is C=CCCCN1CN(CC)C(=O)C2=C(O)CC(C(O)NCC3C(F)CC(F)CC3F)=CN21. The van der Waals surface area contributed by atoms with Crippen molar-refractivity contribution in [3.63, 3.8) is 0 Å². The number of likely N-dealkylation sites (N-methyl/N-ethyl adjacent to an activating group) is 1. The second-order valence-electron chi connectivity index (χ2n) is 8.56. The van der Waals surface area contributed by atoms with Crippen LogP contribution in [0.4, 0.5) is 13.2 Å². The Hall–Kier alpha value is -2.04. The number of aliphatic hydroxyl groups excluding tert-OH is 2. The standard InChI is InChI=1S/C22H33F3N4O3/c1-3-5-6-7-28-13-27(4-2)22(32)20-19(30)8-14(12-29(20)28)21(31)26-11-16-17(24)9-15(23)10-18(16)25/h3,12,15-18,21,26,30-31H,1,4-11,13H2,2H3. The number of amides is 1. The number of carbonyl (C=O) groups is 1. The molecule has 2 heterocycles. The van der Waals surface area contributed by atoms with Crippen LogP contribution in [-0.2, 0) is 4.79 Å². The first-order chi connectivity index (χ1) is 15.3. The Morgan fingerprint density at radius 1 is 1.31 bits per heavy atom. The van der Waals surface area contributed by atoms with Crippen molar-refractivity contribution < 1.29 is 28.2 Å². The third-order valence-corrected chi connectivity index (χ3v) is 6.29. The number of hydrogen-bond donors (Lipinski definition) is 3. The lowest BCUT2D eigenvalue weighted by Crippen LogP contribution is -2.57. The van der Waals surface area contributed by atoms with Gasteiger partial charge in [-0.1, -0.05) is 6.08 Å². The van der Waals surface area contributed by atoms with Gasteiger partial charge in [0.2, 0.25) is 0 Å². The molecule has 0 aromatic heterocycles. The van der Waals surface area contributed by atoms with E-state index >= 15 is 0 Å². The number of unbranched alkanes of at least 4 members (excludes halogenated alkanes) is 1. The summed E-state index contributed by atoms with van der Waals surface area (Å²) in [5.41, 5.74) is 0.504. The van der Waals surface area contributed by atoms with Crippen molar-refractivity contribution in [3.8, 4) is 0 Å². The molecule has 1 aliphatic carbocycles. The van der Waals surface area contributed by atoms with Crippen LogP contribution in [0.5, 0.6) is 0 Å². The normalized spacial score (nSPS) is 30.3. The summed E-state index contributed by atoms with van der Waals surface area (Å²) in [5.74, 6) is -1.53. The fourth-order valence-corrected chi connectivity index (χ4v) is 4.40. The largest absolute Gasteiger partial charge is 0.510 e. The molecule has 10 heteroatoms. The van der Waals surface area contributed by atoms with Gasteiger partial charge in [-0.3, -0.25) is 15.1 Å². The van der Waals surface area contributed by atoms with Crippen molar-refractivity contribution in [2.45, 2.75) is 63.8 Å². The van der Waals surface area contributed by atoms with Crippen LogP contribution in [0.3, 0.4) is 0 Å². The van der Waals surface area contributed by atoms with Crippen molar-refractivity contribution in [2.75, 3.05) is 26.3 Å². The first kappa shape index (κ1) is 24.6. The Bertz CT molecular complexity index is 751. The fraction of sp³-hybridized carbons (Fsp3) is 0.682. The van der Waals surface area contributed by atoms with Crippen LogP contribution in [0, 0.1) is 5.92 Å². The van der Waals surface area contributed by atoms with E-state index in [4.69, 9.17) is 0 Å². The Balaban J connectivity index is 1.72. The number of aliphatic hydroxyl groups is 2. The first-order valence-corrected chi connectivity index (χ1v) is 11.2. The molecule has 3 atom stereocenters. The number of carbonyl (C=O) groups excluding carboxylic acids is 1. The van der Waals surface area contributed by atoms with E-state index in [1.165, 1.54) is 0 Å². The van der Waals surface area contributed by atoms with E-state index in [2.05, 4.69) is 11.9 Å². The molecule has 1 saturated carbocycles. The first-order valence-electron chi connectivity index (χ1n) is 11.2. The van der Waals surface area contributed by atoms with Crippen LogP contribution in [0.1, 0.15) is 39.0 Å². The van der Waals surface area contributed by atoms with Gasteiger partial charge in [-0.15, -0.1) is 6.58 Å². The molecule has 0 aromatic carbocycles. The average Bonchev–Trinajstić information content (AvgIpc) is 2.74. The molecule has 7 nitrogen and oxygen atoms in total. The molecule has 2 fully saturated rings. The number of fused-ring (bicyclic) bond motifs is 1. The molecule has 1 amide bonds. The Morgan fingerprint density at radius 2 is 2.00 bits per heavy atom. The van der Waals surface area contributed by atoms with E-state index in [0.29, 0.717) is 25.3 Å². The minimum atomic E-state index is -1.63. The summed E-state index contributed by atoms with van der Waals surface area (Å²) in [7, 11) is 0. The van der Waals surface area contributed by atoms with Crippen LogP contribution in [0.2, 0.25) is 0 Å². The van der Waals surface area contributed by atoms with Crippen molar-refractivity contribution in [3.05, 3.63) is 35.9 Å². The minimum Gasteiger partial charge on any atom is -0.510 e. The highest BCUT2D eigenvalue weighted by molar-refractivity contribution is 5.94. The number of halogens is 3. The van der Waals surface area contributed by atoms with Gasteiger partial charge in [0.15, 0.2) is 5.70 Å². The molecule has 3 rings (SSSR count). The van der Waals surface area contributed by atoms with Gasteiger partial charge >= 0.3 is 0 Å². The van der Waals surface area contributed by atoms with Gasteiger partial charge < -0.3 is 15.1 Å². The topological polar surface area (TPSA) is 79.3 Å². The zero-order valence-corrected chi connectivity index (χ0v) is 18.4. The summed E-state index contributed by atoms with van der Waals surface area (Å²) in [6, 6.07) is 0. The number of nitrogens with one attached hydrogen (secondary N) is 1. The second kappa shape index (κ2) is 10.7. The molecule has 0 spiro atoms. The number of nitrogens with zero attached hydrogens (tertiary/aromatic N) is 3. The molecule has 2 aliphatic heterocycles. The predicted molar refractivity (Wildman–Crippen MR) is 114 cm³/mol. The van der Waals surface area contributed by atoms with Crippen molar-refractivity contribution in [2.24, 2.45) is 5.92 Å². The van der Waals surface area contributed by atoms with Gasteiger partial charge in [0.25, 0.3) is 5.91 Å². The molecule has 32 heavy (non-hydrogen) atoms. The summed E-state index contributed by atoms with van der Waals surface area (Å²) in [6.07, 6.45) is -1.83. The van der Waals surface area contributed by atoms with E-state index in [-0.39, 0.29) is 43.2 Å². The van der Waals surface area contributed by atoms with Crippen molar-refractivity contribution in [1.29, 1.82) is 0 Å². The van der Waals surface area contributed by atoms with Gasteiger partial charge in [0.1, 0.15) is 30.5 Å². The molecular weight excluding hydrogens is 425 g/mol. The van der Waals surface area contributed by atoms with Gasteiger partial charge in [-0.2, -0.15) is 5.01 Å². The van der Waals surface area contributed by atoms with E-state index < -0.39 is 30.7 Å². The number of hydrazine groups is 1. The maximum atomic E-state index is 14.1. The molecular formula is C22H33F3N4O3. The van der Waals surface area contributed by atoms with E-state index in [0.717, 1.165) is 12.8 Å². The maximum absolute atomic E-state index is 14.1. The Morgan fingerprint density at radius 3 is 2.62 bits per heavy atom. The van der Waals surface area contributed by atoms with Crippen molar-refractivity contribution in [1.82, 2.24) is 20.2 Å². The summed E-state index contributed by atoms with van der Waals surface area (Å²) in [6.45, 7) is 6.81. The Labute approximate surface area is 186 Å². The van der Waals surface area contributed by atoms with E-state index in [9.17, 15) is 28.2 Å². The summed E-state index contributed by atoms with van der Waals surface area (Å²) in [5, 5.41) is 27.4. The number of rotatable bonds is 9. The Kier molecular flexibility index (Phi) is 8.24. The van der Waals surface area contributed by atoms with Crippen molar-refractivity contribution >= 4 is 5.91 Å². The zero-order chi connectivity index (χ0) is 23.4. The monoisotopic (exact) mass is 458 g/mol. The molecule has 3 aliphatic rings. The van der Waals surface area contributed by atoms with Crippen LogP contribution < -0.4 is 5.32 Å². The van der Waals surface area contributed by atoms with E-state index in [1.807, 2.05) is 11.9 Å². The lowest BCUT2D eigenvalue weighted by atomic mass is 9.84. The third-order valence-electron chi connectivity index (χ3n) is 6.29. The molecule has 1 saturated heterocycles. The van der Waals surface area contributed by atoms with Gasteiger partial charge in [0, 0.05) is 51.0 Å². The summed E-state index contributed by atoms with van der Waals surface area (Å²) < 4.78 is 41.6. The zero-order valence-electron chi connectivity index (χ0n) is 18.4. The van der Waals surface area contributed by atoms with Crippen LogP contribution in [-0.4, -0.2) is 82.1 Å². The minimum absolute atomic E-state index is 0.0703. The quantitative estimate of drug-likeness (QED) is 0.280. The molecule has 0 radical (unpaired) electrons. The number of alkyl halides is 3. The lowest BCUT2D eigenvalue weighted by molar-refractivity contribution is -0.145. The number of allylic oxidation sites excluding steroid dienone is 2. The van der Waals surface area contributed by atoms with Gasteiger partial charge in [0.05, 0.1) is 6.67 Å². The predicted octanol–water partition coefficient (Wildman–Crippen LogP) is 2.68. The average molecular weight is 459 g/mol. The van der Waals surface area contributed by atoms with Crippen LogP contribution in [0.25, 0.3) is 0 Å². The smallest absolute Gasteiger partial charge is 0.276 e. The van der Waals surface area contributed by atoms with E-state index in [1.54, 1.807) is 22.2 Å². The lowest BCUT2D eigenvalue weighted by Gasteiger charge is -2.46. The molecule has 180 valence electrons. The molecule has 0 bridgehead atoms. The van der Waals surface area contributed by atoms with Gasteiger partial charge in [-0.05, 0) is 25.3 Å². The van der Waals surface area contributed by atoms with Gasteiger partial charge in [-0.25, -0.2) is 13.2 Å². The third kappa shape index (κ3) is 5.29. The highest BCUT2D eigenvalue weighted by Gasteiger charge is 2.40. The molecule has 3 N–H and O–H groups in total. The fourth-order valence-electron chi connectivity index (χ4n) is 4.40. The summed E-state index contributed by atoms with van der Waals surface area (Å²) in [4.78, 5) is 14.4. The second-order valence-corrected chi connectivity index (χ2v) is 8.56. The van der Waals surface area contributed by atoms with Crippen LogP contribution in [0.15, 0.2) is 35.9 Å². The molecule has 0 aromatic rings. The highest BCUT2D eigenvalue weighted by atomic mass is 19.2. The number of hydrogen-bond acceptors (Lipinski definition) is 6. The highest BCUT2D eigenvalue weighted by Crippen LogP contribution is 2.33. The van der Waals surface area contributed by atoms with Crippen LogP contribution >= 0.6 is 0 Å². The summed E-state index contributed by atoms with van der Waals surface area (Å²) >= 11 is 0.